The summed E-state index contributed by atoms with van der Waals surface area (Å²) in [5, 5.41) is 18.6. The zero-order valence-corrected chi connectivity index (χ0v) is 11.8. The van der Waals surface area contributed by atoms with Gasteiger partial charge in [0.2, 0.25) is 5.95 Å². The fourth-order valence-corrected chi connectivity index (χ4v) is 2.50. The molecule has 7 heteroatoms. The largest absolute Gasteiger partial charge is 0.394 e. The minimum atomic E-state index is -0.183. The molecule has 0 aromatic carbocycles. The second-order valence-electron chi connectivity index (χ2n) is 4.04. The molecule has 0 amide bonds. The zero-order chi connectivity index (χ0) is 13.7. The summed E-state index contributed by atoms with van der Waals surface area (Å²) in [7, 11) is 1.61. The Morgan fingerprint density at radius 2 is 2.32 bits per heavy atom. The van der Waals surface area contributed by atoms with Crippen molar-refractivity contribution in [1.29, 1.82) is 0 Å². The maximum Gasteiger partial charge on any atom is 0.226 e. The van der Waals surface area contributed by atoms with Crippen LogP contribution in [-0.2, 0) is 4.74 Å². The Balaban J connectivity index is 2.31. The molecule has 0 saturated heterocycles. The van der Waals surface area contributed by atoms with Crippen molar-refractivity contribution in [2.75, 3.05) is 37.5 Å². The number of aliphatic hydroxyl groups is 1. The number of hydrogen-bond acceptors (Lipinski definition) is 7. The quantitative estimate of drug-likeness (QED) is 0.715. The lowest BCUT2D eigenvalue weighted by Crippen LogP contribution is -2.29. The van der Waals surface area contributed by atoms with E-state index in [1.165, 1.54) is 0 Å². The normalized spacial score (nSPS) is 12.6. The van der Waals surface area contributed by atoms with Gasteiger partial charge in [0.15, 0.2) is 0 Å². The van der Waals surface area contributed by atoms with E-state index in [2.05, 4.69) is 20.6 Å². The molecular weight excluding hydrogens is 264 g/mol. The average molecular weight is 282 g/mol. The first-order valence-corrected chi connectivity index (χ1v) is 7.01. The highest BCUT2D eigenvalue weighted by molar-refractivity contribution is 7.16. The Hall–Kier alpha value is -1.44. The summed E-state index contributed by atoms with van der Waals surface area (Å²) < 4.78 is 5.06. The van der Waals surface area contributed by atoms with E-state index in [1.807, 2.05) is 18.4 Å². The lowest BCUT2D eigenvalue weighted by Gasteiger charge is -2.17. The molecule has 0 radical (unpaired) electrons. The fraction of sp³-hybridized carbons (Fsp3) is 0.500. The predicted molar refractivity (Wildman–Crippen MR) is 78.0 cm³/mol. The predicted octanol–water partition coefficient (Wildman–Crippen LogP) is 1.54. The lowest BCUT2D eigenvalue weighted by molar-refractivity contribution is 0.153. The maximum absolute atomic E-state index is 9.31. The molecule has 2 aromatic heterocycles. The number of aliphatic hydroxyl groups excluding tert-OH is 1. The number of rotatable bonds is 7. The van der Waals surface area contributed by atoms with Crippen LogP contribution < -0.4 is 10.6 Å². The van der Waals surface area contributed by atoms with E-state index >= 15 is 0 Å². The Morgan fingerprint density at radius 3 is 3.00 bits per heavy atom. The summed E-state index contributed by atoms with van der Waals surface area (Å²) in [5.41, 5.74) is 0. The van der Waals surface area contributed by atoms with Crippen molar-refractivity contribution in [3.63, 3.8) is 0 Å². The highest BCUT2D eigenvalue weighted by Crippen LogP contribution is 2.26. The van der Waals surface area contributed by atoms with Gasteiger partial charge < -0.3 is 20.5 Å². The van der Waals surface area contributed by atoms with E-state index in [4.69, 9.17) is 4.74 Å². The number of nitrogens with one attached hydrogen (secondary N) is 2. The third kappa shape index (κ3) is 3.31. The number of hydrogen-bond donors (Lipinski definition) is 3. The molecule has 2 rings (SSSR count). The van der Waals surface area contributed by atoms with Crippen molar-refractivity contribution in [1.82, 2.24) is 9.97 Å². The van der Waals surface area contributed by atoms with Gasteiger partial charge in [0, 0.05) is 13.7 Å². The monoisotopic (exact) mass is 282 g/mol. The lowest BCUT2D eigenvalue weighted by atomic mass is 10.3. The first kappa shape index (κ1) is 14.0. The van der Waals surface area contributed by atoms with Crippen molar-refractivity contribution in [3.05, 3.63) is 11.4 Å². The van der Waals surface area contributed by atoms with Crippen LogP contribution in [0.25, 0.3) is 10.2 Å². The number of aromatic nitrogens is 2. The molecule has 3 N–H and O–H groups in total. The van der Waals surface area contributed by atoms with Gasteiger partial charge in [-0.05, 0) is 18.4 Å². The minimum absolute atomic E-state index is 0.0139. The topological polar surface area (TPSA) is 79.3 Å². The van der Waals surface area contributed by atoms with Crippen LogP contribution in [0.3, 0.4) is 0 Å². The van der Waals surface area contributed by atoms with E-state index in [-0.39, 0.29) is 12.6 Å². The van der Waals surface area contributed by atoms with Crippen molar-refractivity contribution in [2.45, 2.75) is 13.0 Å². The SMILES string of the molecule is CCNc1nc(NC(CO)COC)c2ccsc2n1. The van der Waals surface area contributed by atoms with E-state index < -0.39 is 0 Å². The summed E-state index contributed by atoms with van der Waals surface area (Å²) >= 11 is 1.56. The van der Waals surface area contributed by atoms with Crippen LogP contribution in [0.4, 0.5) is 11.8 Å². The third-order valence-electron chi connectivity index (χ3n) is 2.59. The van der Waals surface area contributed by atoms with Crippen molar-refractivity contribution >= 4 is 33.3 Å². The molecule has 2 aromatic rings. The smallest absolute Gasteiger partial charge is 0.226 e. The van der Waals surface area contributed by atoms with Crippen molar-refractivity contribution in [3.8, 4) is 0 Å². The van der Waals surface area contributed by atoms with Crippen LogP contribution in [0.1, 0.15) is 6.92 Å². The Labute approximate surface area is 115 Å². The van der Waals surface area contributed by atoms with Crippen LogP contribution in [-0.4, -0.2) is 48.0 Å². The number of anilines is 2. The second kappa shape index (κ2) is 6.65. The molecule has 0 aliphatic rings. The van der Waals surface area contributed by atoms with Gasteiger partial charge in [-0.3, -0.25) is 0 Å². The van der Waals surface area contributed by atoms with E-state index in [9.17, 15) is 5.11 Å². The molecule has 2 heterocycles. The van der Waals surface area contributed by atoms with Gasteiger partial charge in [0.25, 0.3) is 0 Å². The summed E-state index contributed by atoms with van der Waals surface area (Å²) in [6.07, 6.45) is 0. The molecule has 1 atom stereocenters. The van der Waals surface area contributed by atoms with Gasteiger partial charge in [-0.2, -0.15) is 4.98 Å². The van der Waals surface area contributed by atoms with E-state index in [1.54, 1.807) is 18.4 Å². The number of fused-ring (bicyclic) bond motifs is 1. The summed E-state index contributed by atoms with van der Waals surface area (Å²) in [6, 6.07) is 1.79. The van der Waals surface area contributed by atoms with Gasteiger partial charge in [-0.25, -0.2) is 4.98 Å². The van der Waals surface area contributed by atoms with Crippen LogP contribution in [0.2, 0.25) is 0 Å². The summed E-state index contributed by atoms with van der Waals surface area (Å²) in [6.45, 7) is 3.16. The van der Waals surface area contributed by atoms with Crippen LogP contribution in [0, 0.1) is 0 Å². The first-order valence-electron chi connectivity index (χ1n) is 6.14. The van der Waals surface area contributed by atoms with Crippen molar-refractivity contribution in [2.24, 2.45) is 0 Å². The molecule has 0 aliphatic carbocycles. The molecule has 6 nitrogen and oxygen atoms in total. The molecule has 0 aliphatic heterocycles. The molecule has 1 unspecified atom stereocenters. The van der Waals surface area contributed by atoms with Gasteiger partial charge in [-0.1, -0.05) is 0 Å². The Morgan fingerprint density at radius 1 is 1.47 bits per heavy atom. The molecular formula is C12H18N4O2S. The van der Waals surface area contributed by atoms with Crippen LogP contribution in [0.15, 0.2) is 11.4 Å². The summed E-state index contributed by atoms with van der Waals surface area (Å²) in [5.74, 6) is 1.31. The molecule has 0 spiro atoms. The van der Waals surface area contributed by atoms with Gasteiger partial charge in [0.05, 0.1) is 24.6 Å². The number of methoxy groups -OCH3 is 1. The van der Waals surface area contributed by atoms with Crippen molar-refractivity contribution < 1.29 is 9.84 Å². The fourth-order valence-electron chi connectivity index (χ4n) is 1.74. The molecule has 0 bridgehead atoms. The molecule has 19 heavy (non-hydrogen) atoms. The summed E-state index contributed by atoms with van der Waals surface area (Å²) in [4.78, 5) is 9.79. The molecule has 0 fully saturated rings. The number of thiophene rings is 1. The highest BCUT2D eigenvalue weighted by Gasteiger charge is 2.13. The molecule has 0 saturated carbocycles. The number of nitrogens with zero attached hydrogens (tertiary/aromatic N) is 2. The van der Waals surface area contributed by atoms with Gasteiger partial charge >= 0.3 is 0 Å². The maximum atomic E-state index is 9.31. The zero-order valence-electron chi connectivity index (χ0n) is 11.0. The number of ether oxygens (including phenoxy) is 1. The highest BCUT2D eigenvalue weighted by atomic mass is 32.1. The third-order valence-corrected chi connectivity index (χ3v) is 3.40. The van der Waals surface area contributed by atoms with E-state index in [0.717, 1.165) is 22.6 Å². The first-order chi connectivity index (χ1) is 9.28. The van der Waals surface area contributed by atoms with E-state index in [0.29, 0.717) is 12.6 Å². The standard InChI is InChI=1S/C12H18N4O2S/c1-3-13-12-15-10(14-8(6-17)7-18-2)9-4-5-19-11(9)16-12/h4-5,8,17H,3,6-7H2,1-2H3,(H2,13,14,15,16). The Kier molecular flexibility index (Phi) is 4.89. The van der Waals surface area contributed by atoms with Crippen LogP contribution >= 0.6 is 11.3 Å². The average Bonchev–Trinajstić information content (AvgIpc) is 2.87. The van der Waals surface area contributed by atoms with Crippen LogP contribution in [0.5, 0.6) is 0 Å². The Bertz CT molecular complexity index is 531. The minimum Gasteiger partial charge on any atom is -0.394 e. The van der Waals surface area contributed by atoms with Gasteiger partial charge in [0.1, 0.15) is 10.6 Å². The second-order valence-corrected chi connectivity index (χ2v) is 4.94. The van der Waals surface area contributed by atoms with Gasteiger partial charge in [-0.15, -0.1) is 11.3 Å². The molecule has 104 valence electrons.